The van der Waals surface area contributed by atoms with Gasteiger partial charge in [-0.05, 0) is 61.7 Å². The van der Waals surface area contributed by atoms with Crippen LogP contribution in [0.4, 0.5) is 0 Å². The van der Waals surface area contributed by atoms with Crippen LogP contribution in [0.25, 0.3) is 21.9 Å². The number of nitrogens with zero attached hydrogens (tertiary/aromatic N) is 2. The molecule has 5 rings (SSSR count). The maximum absolute atomic E-state index is 12.8. The largest absolute Gasteiger partial charge is 0.361 e. The Morgan fingerprint density at radius 3 is 2.68 bits per heavy atom. The van der Waals surface area contributed by atoms with Crippen molar-refractivity contribution in [1.82, 2.24) is 19.9 Å². The lowest BCUT2D eigenvalue weighted by Gasteiger charge is -2.12. The first kappa shape index (κ1) is 21.6. The van der Waals surface area contributed by atoms with E-state index < -0.39 is 0 Å². The summed E-state index contributed by atoms with van der Waals surface area (Å²) in [6, 6.07) is 21.5. The molecule has 0 saturated heterocycles. The molecule has 0 aliphatic rings. The molecule has 0 bridgehead atoms. The number of aromatic amines is 1. The predicted molar refractivity (Wildman–Crippen MR) is 135 cm³/mol. The first-order chi connectivity index (χ1) is 16.5. The molecule has 0 saturated carbocycles. The molecule has 6 nitrogen and oxygen atoms in total. The van der Waals surface area contributed by atoms with Crippen molar-refractivity contribution in [3.63, 3.8) is 0 Å². The second-order valence-electron chi connectivity index (χ2n) is 8.65. The summed E-state index contributed by atoms with van der Waals surface area (Å²) in [6.07, 6.45) is 2.74. The molecule has 1 amide bonds. The first-order valence-corrected chi connectivity index (χ1v) is 11.4. The zero-order chi connectivity index (χ0) is 23.7. The molecule has 0 aliphatic heterocycles. The Morgan fingerprint density at radius 1 is 1.03 bits per heavy atom. The van der Waals surface area contributed by atoms with Gasteiger partial charge in [-0.15, -0.1) is 0 Å². The summed E-state index contributed by atoms with van der Waals surface area (Å²) in [6.45, 7) is 4.76. The maximum atomic E-state index is 12.8. The molecule has 2 heterocycles. The first-order valence-electron chi connectivity index (χ1n) is 11.4. The fourth-order valence-electron chi connectivity index (χ4n) is 4.35. The molecule has 170 valence electrons. The van der Waals surface area contributed by atoms with Crippen molar-refractivity contribution in [1.29, 1.82) is 0 Å². The van der Waals surface area contributed by atoms with Crippen LogP contribution < -0.4 is 10.9 Å². The summed E-state index contributed by atoms with van der Waals surface area (Å²) >= 11 is 0. The van der Waals surface area contributed by atoms with Gasteiger partial charge in [-0.3, -0.25) is 9.59 Å². The Morgan fingerprint density at radius 2 is 1.85 bits per heavy atom. The average Bonchev–Trinajstić information content (AvgIpc) is 3.24. The topological polar surface area (TPSA) is 79.8 Å². The minimum Gasteiger partial charge on any atom is -0.361 e. The van der Waals surface area contributed by atoms with Crippen molar-refractivity contribution < 1.29 is 4.79 Å². The number of benzene rings is 3. The standard InChI is InChI=1S/C28H26N4O2/c1-18-8-10-24-23(14-18)22(16-30-24)12-13-29-27(33)21-9-11-26-25(15-21)31-19(2)28(34)32(26)17-20-6-4-3-5-7-20/h3-11,14-16,30H,12-13,17H2,1-2H3,(H,29,33). The molecule has 0 atom stereocenters. The summed E-state index contributed by atoms with van der Waals surface area (Å²) in [7, 11) is 0. The zero-order valence-corrected chi connectivity index (χ0v) is 19.3. The number of rotatable bonds is 6. The van der Waals surface area contributed by atoms with Gasteiger partial charge < -0.3 is 14.9 Å². The van der Waals surface area contributed by atoms with Crippen LogP contribution in [0.15, 0.2) is 77.7 Å². The Labute approximate surface area is 197 Å². The monoisotopic (exact) mass is 450 g/mol. The van der Waals surface area contributed by atoms with E-state index in [4.69, 9.17) is 0 Å². The van der Waals surface area contributed by atoms with Crippen molar-refractivity contribution in [2.75, 3.05) is 6.54 Å². The van der Waals surface area contributed by atoms with Crippen molar-refractivity contribution >= 4 is 27.8 Å². The van der Waals surface area contributed by atoms with Gasteiger partial charge in [0, 0.05) is 29.2 Å². The molecule has 0 radical (unpaired) electrons. The van der Waals surface area contributed by atoms with Crippen LogP contribution in [0.2, 0.25) is 0 Å². The quantitative estimate of drug-likeness (QED) is 0.399. The highest BCUT2D eigenvalue weighted by molar-refractivity contribution is 5.97. The number of aromatic nitrogens is 3. The summed E-state index contributed by atoms with van der Waals surface area (Å²) in [5, 5.41) is 4.20. The van der Waals surface area contributed by atoms with E-state index >= 15 is 0 Å². The predicted octanol–water partition coefficient (Wildman–Crippen LogP) is 4.52. The van der Waals surface area contributed by atoms with Gasteiger partial charge in [0.05, 0.1) is 17.6 Å². The highest BCUT2D eigenvalue weighted by Crippen LogP contribution is 2.20. The normalized spacial score (nSPS) is 11.2. The zero-order valence-electron chi connectivity index (χ0n) is 19.3. The molecule has 0 aliphatic carbocycles. The summed E-state index contributed by atoms with van der Waals surface area (Å²) in [5.74, 6) is -0.154. The number of carbonyl (C=O) groups excluding carboxylic acids is 1. The molecule has 2 aromatic heterocycles. The number of hydrogen-bond acceptors (Lipinski definition) is 3. The van der Waals surface area contributed by atoms with Crippen LogP contribution in [0, 0.1) is 13.8 Å². The smallest absolute Gasteiger partial charge is 0.272 e. The van der Waals surface area contributed by atoms with Gasteiger partial charge in [0.2, 0.25) is 0 Å². The van der Waals surface area contributed by atoms with Gasteiger partial charge in [-0.25, -0.2) is 4.98 Å². The third-order valence-corrected chi connectivity index (χ3v) is 6.16. The van der Waals surface area contributed by atoms with Crippen LogP contribution in [0.5, 0.6) is 0 Å². The highest BCUT2D eigenvalue weighted by atomic mass is 16.1. The molecule has 2 N–H and O–H groups in total. The second kappa shape index (κ2) is 8.98. The summed E-state index contributed by atoms with van der Waals surface area (Å²) in [4.78, 5) is 33.4. The Hall–Kier alpha value is -4.19. The molecular weight excluding hydrogens is 424 g/mol. The van der Waals surface area contributed by atoms with Crippen LogP contribution >= 0.6 is 0 Å². The van der Waals surface area contributed by atoms with E-state index in [0.717, 1.165) is 17.5 Å². The molecule has 34 heavy (non-hydrogen) atoms. The lowest BCUT2D eigenvalue weighted by molar-refractivity contribution is 0.0954. The number of fused-ring (bicyclic) bond motifs is 2. The van der Waals surface area contributed by atoms with Gasteiger partial charge in [-0.1, -0.05) is 42.0 Å². The van der Waals surface area contributed by atoms with E-state index in [1.165, 1.54) is 16.5 Å². The molecule has 0 fully saturated rings. The number of H-pyrrole nitrogens is 1. The molecule has 0 unspecified atom stereocenters. The van der Waals surface area contributed by atoms with E-state index in [0.29, 0.717) is 35.4 Å². The van der Waals surface area contributed by atoms with E-state index in [-0.39, 0.29) is 11.5 Å². The van der Waals surface area contributed by atoms with Gasteiger partial charge in [0.1, 0.15) is 5.69 Å². The van der Waals surface area contributed by atoms with Crippen LogP contribution in [-0.2, 0) is 13.0 Å². The maximum Gasteiger partial charge on any atom is 0.272 e. The van der Waals surface area contributed by atoms with Crippen molar-refractivity contribution in [2.24, 2.45) is 0 Å². The SMILES string of the molecule is Cc1ccc2[nH]cc(CCNC(=O)c3ccc4c(c3)nc(C)c(=O)n4Cc3ccccc3)c2c1. The van der Waals surface area contributed by atoms with Gasteiger partial charge in [0.25, 0.3) is 11.5 Å². The molecule has 0 spiro atoms. The van der Waals surface area contributed by atoms with Crippen LogP contribution in [0.3, 0.4) is 0 Å². The third kappa shape index (κ3) is 4.22. The highest BCUT2D eigenvalue weighted by Gasteiger charge is 2.13. The number of nitrogens with one attached hydrogen (secondary N) is 2. The molecular formula is C28H26N4O2. The van der Waals surface area contributed by atoms with E-state index in [2.05, 4.69) is 40.4 Å². The van der Waals surface area contributed by atoms with E-state index in [1.807, 2.05) is 42.6 Å². The van der Waals surface area contributed by atoms with Gasteiger partial charge in [-0.2, -0.15) is 0 Å². The van der Waals surface area contributed by atoms with Crippen LogP contribution in [0.1, 0.15) is 32.7 Å². The Kier molecular flexibility index (Phi) is 5.72. The molecule has 5 aromatic rings. The van der Waals surface area contributed by atoms with Crippen LogP contribution in [-0.4, -0.2) is 27.0 Å². The minimum absolute atomic E-state index is 0.123. The van der Waals surface area contributed by atoms with Gasteiger partial charge >= 0.3 is 0 Å². The number of aryl methyl sites for hydroxylation is 2. The fraction of sp³-hybridized carbons (Fsp3) is 0.179. The van der Waals surface area contributed by atoms with Crippen molar-refractivity contribution in [3.8, 4) is 0 Å². The number of amides is 1. The van der Waals surface area contributed by atoms with E-state index in [9.17, 15) is 9.59 Å². The summed E-state index contributed by atoms with van der Waals surface area (Å²) in [5.41, 5.74) is 6.69. The summed E-state index contributed by atoms with van der Waals surface area (Å²) < 4.78 is 1.72. The number of hydrogen-bond donors (Lipinski definition) is 2. The number of carbonyl (C=O) groups is 1. The molecule has 6 heteroatoms. The third-order valence-electron chi connectivity index (χ3n) is 6.16. The lowest BCUT2D eigenvalue weighted by atomic mass is 10.1. The fourth-order valence-corrected chi connectivity index (χ4v) is 4.35. The molecule has 3 aromatic carbocycles. The average molecular weight is 451 g/mol. The van der Waals surface area contributed by atoms with Gasteiger partial charge in [0.15, 0.2) is 0 Å². The lowest BCUT2D eigenvalue weighted by Crippen LogP contribution is -2.27. The minimum atomic E-state index is -0.154. The second-order valence-corrected chi connectivity index (χ2v) is 8.65. The Balaban J connectivity index is 1.35. The van der Waals surface area contributed by atoms with E-state index in [1.54, 1.807) is 23.6 Å². The van der Waals surface area contributed by atoms with Crippen molar-refractivity contribution in [2.45, 2.75) is 26.8 Å². The van der Waals surface area contributed by atoms with Crippen molar-refractivity contribution in [3.05, 3.63) is 111 Å². The Bertz CT molecular complexity index is 1560.